The maximum Gasteiger partial charge on any atom is 0.172 e. The normalized spacial score (nSPS) is 16.8. The number of aryl methyl sites for hydroxylation is 1. The minimum atomic E-state index is 0.0215. The van der Waals surface area contributed by atoms with Crippen molar-refractivity contribution in [3.8, 4) is 5.82 Å². The van der Waals surface area contributed by atoms with Crippen molar-refractivity contribution in [2.45, 2.75) is 25.7 Å². The minimum absolute atomic E-state index is 0.0215. The van der Waals surface area contributed by atoms with Crippen LogP contribution in [0.3, 0.4) is 0 Å². The van der Waals surface area contributed by atoms with Gasteiger partial charge in [-0.25, -0.2) is 9.67 Å². The van der Waals surface area contributed by atoms with Gasteiger partial charge in [0.25, 0.3) is 0 Å². The first-order valence-electron chi connectivity index (χ1n) is 8.58. The molecule has 5 rings (SSSR count). The van der Waals surface area contributed by atoms with Crippen molar-refractivity contribution in [1.29, 1.82) is 0 Å². The Kier molecular flexibility index (Phi) is 3.25. The van der Waals surface area contributed by atoms with E-state index in [4.69, 9.17) is 4.42 Å². The van der Waals surface area contributed by atoms with E-state index in [1.807, 2.05) is 43.3 Å². The van der Waals surface area contributed by atoms with E-state index in [9.17, 15) is 4.79 Å². The van der Waals surface area contributed by atoms with Gasteiger partial charge in [-0.2, -0.15) is 5.10 Å². The fourth-order valence-electron chi connectivity index (χ4n) is 3.72. The first kappa shape index (κ1) is 15.0. The first-order chi connectivity index (χ1) is 12.7. The van der Waals surface area contributed by atoms with Gasteiger partial charge < -0.3 is 4.42 Å². The average molecular weight is 344 g/mol. The van der Waals surface area contributed by atoms with Gasteiger partial charge in [-0.1, -0.05) is 12.1 Å². The second-order valence-corrected chi connectivity index (χ2v) is 6.58. The molecule has 1 aromatic carbocycles. The molecule has 0 aliphatic heterocycles. The molecule has 1 aliphatic rings. The van der Waals surface area contributed by atoms with Crippen LogP contribution in [-0.4, -0.2) is 25.5 Å². The summed E-state index contributed by atoms with van der Waals surface area (Å²) >= 11 is 0. The Morgan fingerprint density at radius 1 is 1.12 bits per heavy atom. The fourth-order valence-corrected chi connectivity index (χ4v) is 3.72. The summed E-state index contributed by atoms with van der Waals surface area (Å²) in [5.74, 6) is 1.58. The molecule has 0 N–H and O–H groups in total. The molecular formula is C20H16N4O2. The maximum atomic E-state index is 12.7. The Labute approximate surface area is 149 Å². The molecular weight excluding hydrogens is 328 g/mol. The van der Waals surface area contributed by atoms with Crippen LogP contribution in [0.5, 0.6) is 0 Å². The zero-order valence-corrected chi connectivity index (χ0v) is 14.2. The molecule has 0 amide bonds. The molecule has 26 heavy (non-hydrogen) atoms. The van der Waals surface area contributed by atoms with E-state index in [0.717, 1.165) is 28.2 Å². The van der Waals surface area contributed by atoms with E-state index in [1.54, 1.807) is 17.1 Å². The van der Waals surface area contributed by atoms with Crippen LogP contribution in [0.2, 0.25) is 0 Å². The topological polar surface area (TPSA) is 73.8 Å². The smallest absolute Gasteiger partial charge is 0.172 e. The van der Waals surface area contributed by atoms with Gasteiger partial charge in [-0.05, 0) is 31.2 Å². The largest absolute Gasteiger partial charge is 0.469 e. The Morgan fingerprint density at radius 3 is 2.77 bits per heavy atom. The molecule has 0 radical (unpaired) electrons. The van der Waals surface area contributed by atoms with Gasteiger partial charge in [0.15, 0.2) is 11.6 Å². The van der Waals surface area contributed by atoms with Gasteiger partial charge in [-0.15, -0.1) is 0 Å². The van der Waals surface area contributed by atoms with Crippen LogP contribution in [0, 0.1) is 6.92 Å². The number of fused-ring (bicyclic) bond motifs is 2. The van der Waals surface area contributed by atoms with Gasteiger partial charge in [0.1, 0.15) is 5.76 Å². The summed E-state index contributed by atoms with van der Waals surface area (Å²) in [7, 11) is 0. The van der Waals surface area contributed by atoms with Gasteiger partial charge >= 0.3 is 0 Å². The number of hydrogen-bond acceptors (Lipinski definition) is 5. The Balaban J connectivity index is 1.65. The lowest BCUT2D eigenvalue weighted by atomic mass is 9.84. The fraction of sp³-hybridized carbons (Fsp3) is 0.200. The highest BCUT2D eigenvalue weighted by Gasteiger charge is 2.33. The monoisotopic (exact) mass is 344 g/mol. The molecule has 0 bridgehead atoms. The summed E-state index contributed by atoms with van der Waals surface area (Å²) < 4.78 is 7.30. The van der Waals surface area contributed by atoms with Crippen molar-refractivity contribution in [3.63, 3.8) is 0 Å². The van der Waals surface area contributed by atoms with Gasteiger partial charge in [0.05, 0.1) is 40.4 Å². The van der Waals surface area contributed by atoms with Crippen molar-refractivity contribution >= 4 is 16.8 Å². The summed E-state index contributed by atoms with van der Waals surface area (Å²) in [6, 6.07) is 11.5. The average Bonchev–Trinajstić information content (AvgIpc) is 3.30. The molecule has 3 heterocycles. The van der Waals surface area contributed by atoms with Crippen LogP contribution in [0.1, 0.15) is 39.8 Å². The number of para-hydroxylation sites is 2. The van der Waals surface area contributed by atoms with Crippen molar-refractivity contribution in [2.24, 2.45) is 0 Å². The third kappa shape index (κ3) is 2.26. The van der Waals surface area contributed by atoms with Crippen LogP contribution in [-0.2, 0) is 6.42 Å². The number of nitrogens with zero attached hydrogens (tertiary/aromatic N) is 4. The van der Waals surface area contributed by atoms with E-state index in [-0.39, 0.29) is 11.7 Å². The van der Waals surface area contributed by atoms with Crippen LogP contribution < -0.4 is 0 Å². The molecule has 128 valence electrons. The molecule has 0 saturated heterocycles. The number of carbonyl (C=O) groups is 1. The molecule has 0 spiro atoms. The third-order valence-electron chi connectivity index (χ3n) is 4.90. The lowest BCUT2D eigenvalue weighted by molar-refractivity contribution is 0.0959. The van der Waals surface area contributed by atoms with E-state index in [2.05, 4.69) is 15.1 Å². The van der Waals surface area contributed by atoms with Gasteiger partial charge in [-0.3, -0.25) is 9.78 Å². The molecule has 1 atom stereocenters. The maximum absolute atomic E-state index is 12.7. The summed E-state index contributed by atoms with van der Waals surface area (Å²) in [6.07, 6.45) is 4.48. The predicted octanol–water partition coefficient (Wildman–Crippen LogP) is 3.63. The third-order valence-corrected chi connectivity index (χ3v) is 4.90. The highest BCUT2D eigenvalue weighted by atomic mass is 16.3. The van der Waals surface area contributed by atoms with Crippen molar-refractivity contribution < 1.29 is 9.21 Å². The summed E-state index contributed by atoms with van der Waals surface area (Å²) in [5.41, 5.74) is 3.96. The lowest BCUT2D eigenvalue weighted by Gasteiger charge is -2.20. The molecule has 1 aliphatic carbocycles. The number of ketones is 1. The SMILES string of the molecule is Cc1nn(-c2cnc3ccccc3n2)c2c1C(=O)CC(c1ccco1)C2. The molecule has 6 heteroatoms. The van der Waals surface area contributed by atoms with Crippen molar-refractivity contribution in [2.75, 3.05) is 0 Å². The van der Waals surface area contributed by atoms with Crippen LogP contribution in [0.4, 0.5) is 0 Å². The standard InChI is InChI=1S/C20H16N4O2/c1-12-20-16(9-13(10-17(20)25)18-7-4-8-26-18)24(23-12)19-11-21-14-5-2-3-6-15(14)22-19/h2-8,11,13H,9-10H2,1H3. The van der Waals surface area contributed by atoms with Crippen LogP contribution in [0.15, 0.2) is 53.3 Å². The Hall–Kier alpha value is -3.28. The number of Topliss-reactive ketones (excluding diaryl/α,β-unsaturated/α-hetero) is 1. The second kappa shape index (κ2) is 5.62. The predicted molar refractivity (Wildman–Crippen MR) is 95.5 cm³/mol. The number of benzene rings is 1. The number of rotatable bonds is 2. The van der Waals surface area contributed by atoms with Crippen molar-refractivity contribution in [3.05, 3.63) is 71.6 Å². The zero-order valence-electron chi connectivity index (χ0n) is 14.2. The Morgan fingerprint density at radius 2 is 1.96 bits per heavy atom. The van der Waals surface area contributed by atoms with E-state index in [0.29, 0.717) is 24.2 Å². The second-order valence-electron chi connectivity index (χ2n) is 6.58. The number of aromatic nitrogens is 4. The quantitative estimate of drug-likeness (QED) is 0.555. The zero-order chi connectivity index (χ0) is 17.7. The van der Waals surface area contributed by atoms with Crippen LogP contribution in [0.25, 0.3) is 16.9 Å². The van der Waals surface area contributed by atoms with E-state index >= 15 is 0 Å². The van der Waals surface area contributed by atoms with E-state index in [1.165, 1.54) is 0 Å². The van der Waals surface area contributed by atoms with E-state index < -0.39 is 0 Å². The molecule has 6 nitrogen and oxygen atoms in total. The van der Waals surface area contributed by atoms with Gasteiger partial charge in [0, 0.05) is 18.8 Å². The highest BCUT2D eigenvalue weighted by Crippen LogP contribution is 2.35. The molecule has 0 saturated carbocycles. The van der Waals surface area contributed by atoms with Crippen molar-refractivity contribution in [1.82, 2.24) is 19.7 Å². The molecule has 4 aromatic rings. The number of furan rings is 1. The van der Waals surface area contributed by atoms with Crippen LogP contribution >= 0.6 is 0 Å². The number of carbonyl (C=O) groups excluding carboxylic acids is 1. The van der Waals surface area contributed by atoms with Gasteiger partial charge in [0.2, 0.25) is 0 Å². The molecule has 0 fully saturated rings. The summed E-state index contributed by atoms with van der Waals surface area (Å²) in [6.45, 7) is 1.87. The minimum Gasteiger partial charge on any atom is -0.469 e. The molecule has 3 aromatic heterocycles. The summed E-state index contributed by atoms with van der Waals surface area (Å²) in [4.78, 5) is 21.9. The lowest BCUT2D eigenvalue weighted by Crippen LogP contribution is -2.20. The first-order valence-corrected chi connectivity index (χ1v) is 8.58. The number of hydrogen-bond donors (Lipinski definition) is 0. The Bertz CT molecular complexity index is 1130. The highest BCUT2D eigenvalue weighted by molar-refractivity contribution is 6.00. The summed E-state index contributed by atoms with van der Waals surface area (Å²) in [5, 5.41) is 4.60. The molecule has 1 unspecified atom stereocenters.